The highest BCUT2D eigenvalue weighted by Gasteiger charge is 2.10. The Morgan fingerprint density at radius 1 is 1.48 bits per heavy atom. The van der Waals surface area contributed by atoms with Gasteiger partial charge in [0, 0.05) is 22.4 Å². The van der Waals surface area contributed by atoms with Crippen LogP contribution in [0.25, 0.3) is 6.08 Å². The molecule has 0 amide bonds. The van der Waals surface area contributed by atoms with Crippen LogP contribution in [-0.4, -0.2) is 23.3 Å². The zero-order valence-electron chi connectivity index (χ0n) is 11.1. The van der Waals surface area contributed by atoms with E-state index in [9.17, 15) is 9.90 Å². The van der Waals surface area contributed by atoms with Gasteiger partial charge in [-0.3, -0.25) is 0 Å². The first kappa shape index (κ1) is 15.4. The number of rotatable bonds is 5. The van der Waals surface area contributed by atoms with Crippen molar-refractivity contribution in [1.82, 2.24) is 10.2 Å². The SMILES string of the molecule is COc1ccc(Cl)cc1/C=C(\Sc1nnc(C)o1)C(=O)[O-]. The van der Waals surface area contributed by atoms with Crippen molar-refractivity contribution in [2.24, 2.45) is 0 Å². The maximum Gasteiger partial charge on any atom is 0.281 e. The minimum Gasteiger partial charge on any atom is -0.544 e. The number of hydrogen-bond acceptors (Lipinski definition) is 7. The number of thioether (sulfide) groups is 1. The van der Waals surface area contributed by atoms with Crippen molar-refractivity contribution in [3.05, 3.63) is 39.6 Å². The van der Waals surface area contributed by atoms with E-state index < -0.39 is 5.97 Å². The maximum absolute atomic E-state index is 11.2. The molecule has 110 valence electrons. The zero-order valence-corrected chi connectivity index (χ0v) is 12.7. The molecule has 0 spiro atoms. The number of aliphatic carboxylic acids is 1. The van der Waals surface area contributed by atoms with Gasteiger partial charge in [-0.05, 0) is 36.0 Å². The fourth-order valence-corrected chi connectivity index (χ4v) is 2.38. The normalized spacial score (nSPS) is 11.5. The molecule has 21 heavy (non-hydrogen) atoms. The number of aryl methyl sites for hydroxylation is 1. The number of halogens is 1. The third kappa shape index (κ3) is 3.99. The van der Waals surface area contributed by atoms with Crippen LogP contribution in [0.4, 0.5) is 0 Å². The number of benzene rings is 1. The highest BCUT2D eigenvalue weighted by molar-refractivity contribution is 8.03. The quantitative estimate of drug-likeness (QED) is 0.613. The van der Waals surface area contributed by atoms with Crippen LogP contribution in [-0.2, 0) is 4.79 Å². The third-order valence-electron chi connectivity index (χ3n) is 2.38. The number of aromatic nitrogens is 2. The van der Waals surface area contributed by atoms with Gasteiger partial charge in [-0.1, -0.05) is 11.6 Å². The van der Waals surface area contributed by atoms with Gasteiger partial charge in [-0.2, -0.15) is 0 Å². The molecule has 2 rings (SSSR count). The average molecular weight is 326 g/mol. The largest absolute Gasteiger partial charge is 0.544 e. The zero-order chi connectivity index (χ0) is 15.4. The maximum atomic E-state index is 11.2. The Balaban J connectivity index is 2.37. The number of methoxy groups -OCH3 is 1. The van der Waals surface area contributed by atoms with Crippen LogP contribution < -0.4 is 9.84 Å². The lowest BCUT2D eigenvalue weighted by Gasteiger charge is -2.09. The molecular weight excluding hydrogens is 316 g/mol. The summed E-state index contributed by atoms with van der Waals surface area (Å²) in [5.74, 6) is -0.533. The van der Waals surface area contributed by atoms with Gasteiger partial charge in [0.2, 0.25) is 5.89 Å². The van der Waals surface area contributed by atoms with Crippen LogP contribution in [0, 0.1) is 6.92 Å². The monoisotopic (exact) mass is 325 g/mol. The van der Waals surface area contributed by atoms with E-state index >= 15 is 0 Å². The lowest BCUT2D eigenvalue weighted by molar-refractivity contribution is -0.298. The van der Waals surface area contributed by atoms with Crippen molar-refractivity contribution >= 4 is 35.4 Å². The molecule has 6 nitrogen and oxygen atoms in total. The summed E-state index contributed by atoms with van der Waals surface area (Å²) in [4.78, 5) is 11.1. The molecule has 0 aliphatic carbocycles. The van der Waals surface area contributed by atoms with E-state index in [1.54, 1.807) is 25.1 Å². The molecule has 0 bridgehead atoms. The number of nitrogens with zero attached hydrogens (tertiary/aromatic N) is 2. The Morgan fingerprint density at radius 3 is 2.81 bits per heavy atom. The minimum absolute atomic E-state index is 0.0979. The fraction of sp³-hybridized carbons (Fsp3) is 0.154. The van der Waals surface area contributed by atoms with Crippen LogP contribution in [0.5, 0.6) is 5.75 Å². The predicted octanol–water partition coefficient (Wildman–Crippen LogP) is 1.92. The second-order valence-electron chi connectivity index (χ2n) is 3.87. The van der Waals surface area contributed by atoms with Gasteiger partial charge in [0.25, 0.3) is 5.22 Å². The summed E-state index contributed by atoms with van der Waals surface area (Å²) in [6.45, 7) is 1.61. The van der Waals surface area contributed by atoms with Crippen LogP contribution in [0.2, 0.25) is 5.02 Å². The van der Waals surface area contributed by atoms with Crippen LogP contribution >= 0.6 is 23.4 Å². The summed E-state index contributed by atoms with van der Waals surface area (Å²) in [6, 6.07) is 4.87. The Hall–Kier alpha value is -1.99. The second-order valence-corrected chi connectivity index (χ2v) is 5.30. The van der Waals surface area contributed by atoms with Crippen molar-refractivity contribution in [2.45, 2.75) is 12.1 Å². The second kappa shape index (κ2) is 6.64. The summed E-state index contributed by atoms with van der Waals surface area (Å²) in [5.41, 5.74) is 0.507. The van der Waals surface area contributed by atoms with Crippen molar-refractivity contribution in [3.8, 4) is 5.75 Å². The van der Waals surface area contributed by atoms with Gasteiger partial charge in [0.15, 0.2) is 0 Å². The lowest BCUT2D eigenvalue weighted by atomic mass is 10.2. The van der Waals surface area contributed by atoms with E-state index in [0.29, 0.717) is 22.2 Å². The Labute approximate surface area is 129 Å². The first-order chi connectivity index (χ1) is 9.99. The molecule has 1 aromatic carbocycles. The van der Waals surface area contributed by atoms with Gasteiger partial charge >= 0.3 is 0 Å². The summed E-state index contributed by atoms with van der Waals surface area (Å²) < 4.78 is 10.3. The number of hydrogen-bond donors (Lipinski definition) is 0. The molecule has 0 unspecified atom stereocenters. The Morgan fingerprint density at radius 2 is 2.24 bits per heavy atom. The first-order valence-corrected chi connectivity index (χ1v) is 6.93. The first-order valence-electron chi connectivity index (χ1n) is 5.74. The molecule has 1 aromatic heterocycles. The predicted molar refractivity (Wildman–Crippen MR) is 75.9 cm³/mol. The van der Waals surface area contributed by atoms with E-state index in [2.05, 4.69) is 10.2 Å². The van der Waals surface area contributed by atoms with Crippen molar-refractivity contribution in [1.29, 1.82) is 0 Å². The van der Waals surface area contributed by atoms with E-state index in [1.807, 2.05) is 0 Å². The standard InChI is InChI=1S/C13H11ClN2O4S/c1-7-15-16-13(20-7)21-11(12(17)18)6-8-5-9(14)3-4-10(8)19-2/h3-6H,1-2H3,(H,17,18)/p-1/b11-6-. The van der Waals surface area contributed by atoms with Crippen molar-refractivity contribution in [2.75, 3.05) is 7.11 Å². The molecule has 0 saturated heterocycles. The molecule has 1 heterocycles. The highest BCUT2D eigenvalue weighted by Crippen LogP contribution is 2.30. The average Bonchev–Trinajstić information content (AvgIpc) is 2.83. The fourth-order valence-electron chi connectivity index (χ4n) is 1.50. The summed E-state index contributed by atoms with van der Waals surface area (Å²) >= 11 is 6.70. The van der Waals surface area contributed by atoms with Crippen LogP contribution in [0.1, 0.15) is 11.5 Å². The van der Waals surface area contributed by atoms with Gasteiger partial charge in [-0.25, -0.2) is 0 Å². The lowest BCUT2D eigenvalue weighted by Crippen LogP contribution is -2.23. The van der Waals surface area contributed by atoms with Gasteiger partial charge in [0.1, 0.15) is 5.75 Å². The number of carboxylic acid groups (broad SMARTS) is 1. The van der Waals surface area contributed by atoms with Crippen LogP contribution in [0.3, 0.4) is 0 Å². The smallest absolute Gasteiger partial charge is 0.281 e. The molecule has 0 radical (unpaired) electrons. The molecular formula is C13H10ClN2O4S-. The summed E-state index contributed by atoms with van der Waals surface area (Å²) in [7, 11) is 1.48. The molecule has 8 heteroatoms. The summed E-state index contributed by atoms with van der Waals surface area (Å²) in [6.07, 6.45) is 1.38. The van der Waals surface area contributed by atoms with E-state index in [0.717, 1.165) is 11.8 Å². The van der Waals surface area contributed by atoms with E-state index in [1.165, 1.54) is 13.2 Å². The van der Waals surface area contributed by atoms with E-state index in [4.69, 9.17) is 20.8 Å². The Bertz CT molecular complexity index is 699. The molecule has 2 aromatic rings. The molecule has 0 atom stereocenters. The highest BCUT2D eigenvalue weighted by atomic mass is 35.5. The van der Waals surface area contributed by atoms with Gasteiger partial charge in [-0.15, -0.1) is 10.2 Å². The van der Waals surface area contributed by atoms with Crippen LogP contribution in [0.15, 0.2) is 32.7 Å². The molecule has 0 aliphatic heterocycles. The molecule has 0 saturated carbocycles. The molecule has 0 N–H and O–H groups in total. The Kier molecular flexibility index (Phi) is 4.87. The molecule has 0 aliphatic rings. The molecule has 0 fully saturated rings. The third-order valence-corrected chi connectivity index (χ3v) is 3.46. The minimum atomic E-state index is -1.36. The van der Waals surface area contributed by atoms with E-state index in [-0.39, 0.29) is 10.1 Å². The number of carbonyl (C=O) groups is 1. The number of carboxylic acids is 1. The van der Waals surface area contributed by atoms with Gasteiger partial charge in [0.05, 0.1) is 13.1 Å². The number of ether oxygens (including phenoxy) is 1. The van der Waals surface area contributed by atoms with Crippen molar-refractivity contribution < 1.29 is 19.1 Å². The number of carbonyl (C=O) groups excluding carboxylic acids is 1. The van der Waals surface area contributed by atoms with Gasteiger partial charge < -0.3 is 19.1 Å². The summed E-state index contributed by atoms with van der Waals surface area (Å²) in [5, 5.41) is 19.2. The van der Waals surface area contributed by atoms with Crippen molar-refractivity contribution in [3.63, 3.8) is 0 Å². The topological polar surface area (TPSA) is 88.3 Å².